The lowest BCUT2D eigenvalue weighted by atomic mass is 10.1. The number of hydrogen-bond acceptors (Lipinski definition) is 10. The van der Waals surface area contributed by atoms with Crippen LogP contribution in [0.2, 0.25) is 0 Å². The fourth-order valence-corrected chi connectivity index (χ4v) is 6.93. The fourth-order valence-electron chi connectivity index (χ4n) is 5.44. The van der Waals surface area contributed by atoms with Crippen LogP contribution < -0.4 is 24.5 Å². The number of aromatic nitrogens is 4. The summed E-state index contributed by atoms with van der Waals surface area (Å²) in [5, 5.41) is 4.75. The number of aromatic amines is 1. The van der Waals surface area contributed by atoms with Crippen molar-refractivity contribution in [1.29, 1.82) is 0 Å². The summed E-state index contributed by atoms with van der Waals surface area (Å²) in [6, 6.07) is 8.02. The number of ether oxygens (including phenoxy) is 5. The Labute approximate surface area is 275 Å². The average Bonchev–Trinajstić information content (AvgIpc) is 3.39. The molecule has 1 N–H and O–H groups in total. The normalized spacial score (nSPS) is 11.7. The lowest BCUT2D eigenvalue weighted by Gasteiger charge is -2.24. The number of benzene rings is 2. The summed E-state index contributed by atoms with van der Waals surface area (Å²) >= 11 is 0. The molecular weight excluding hydrogens is 626 g/mol. The van der Waals surface area contributed by atoms with Crippen LogP contribution in [0.25, 0.3) is 16.9 Å². The van der Waals surface area contributed by atoms with Crippen molar-refractivity contribution in [3.05, 3.63) is 57.8 Å². The molecule has 2 aromatic carbocycles. The number of aryl methyl sites for hydroxylation is 2. The number of methoxy groups -OCH3 is 4. The SMILES string of the molecule is CCCCCc1nc(C)c2c(=O)[nH]c(-c3cc(S(=O)(=O)N(CCCOC)Cc4cc(OC)c(OC)c(OC)c4)ccc3OCC)nn12. The van der Waals surface area contributed by atoms with Crippen LogP contribution >= 0.6 is 0 Å². The van der Waals surface area contributed by atoms with E-state index in [1.807, 2.05) is 6.92 Å². The highest BCUT2D eigenvalue weighted by Crippen LogP contribution is 2.39. The molecule has 0 saturated heterocycles. The van der Waals surface area contributed by atoms with Crippen LogP contribution in [0.3, 0.4) is 0 Å². The van der Waals surface area contributed by atoms with Gasteiger partial charge in [-0.15, -0.1) is 5.10 Å². The molecule has 0 saturated carbocycles. The molecule has 0 bridgehead atoms. The highest BCUT2D eigenvalue weighted by Gasteiger charge is 2.28. The molecule has 14 heteroatoms. The van der Waals surface area contributed by atoms with E-state index in [1.54, 1.807) is 36.7 Å². The van der Waals surface area contributed by atoms with Crippen molar-refractivity contribution in [3.8, 4) is 34.4 Å². The van der Waals surface area contributed by atoms with E-state index in [-0.39, 0.29) is 29.4 Å². The number of rotatable bonds is 18. The minimum Gasteiger partial charge on any atom is -0.493 e. The molecule has 0 spiro atoms. The molecule has 4 rings (SSSR count). The number of imidazole rings is 1. The van der Waals surface area contributed by atoms with Gasteiger partial charge < -0.3 is 28.7 Å². The molecule has 0 radical (unpaired) electrons. The lowest BCUT2D eigenvalue weighted by molar-refractivity contribution is 0.186. The van der Waals surface area contributed by atoms with E-state index < -0.39 is 10.0 Å². The van der Waals surface area contributed by atoms with E-state index in [1.165, 1.54) is 37.8 Å². The van der Waals surface area contributed by atoms with Crippen LogP contribution in [-0.2, 0) is 27.7 Å². The van der Waals surface area contributed by atoms with Gasteiger partial charge in [0.05, 0.1) is 44.1 Å². The molecule has 0 aliphatic heterocycles. The van der Waals surface area contributed by atoms with E-state index in [0.717, 1.165) is 19.3 Å². The van der Waals surface area contributed by atoms with Gasteiger partial charge in [0.15, 0.2) is 22.8 Å². The summed E-state index contributed by atoms with van der Waals surface area (Å²) in [4.78, 5) is 20.8. The first-order chi connectivity index (χ1) is 22.6. The molecule has 47 heavy (non-hydrogen) atoms. The highest BCUT2D eigenvalue weighted by atomic mass is 32.2. The first-order valence-corrected chi connectivity index (χ1v) is 17.1. The van der Waals surface area contributed by atoms with Gasteiger partial charge >= 0.3 is 0 Å². The minimum atomic E-state index is -4.10. The molecule has 256 valence electrons. The predicted molar refractivity (Wildman–Crippen MR) is 178 cm³/mol. The Morgan fingerprint density at radius 1 is 0.936 bits per heavy atom. The monoisotopic (exact) mass is 671 g/mol. The Bertz CT molecular complexity index is 1810. The third-order valence-electron chi connectivity index (χ3n) is 7.73. The zero-order valence-corrected chi connectivity index (χ0v) is 29.0. The maximum atomic E-state index is 14.3. The van der Waals surface area contributed by atoms with Gasteiger partial charge in [0.1, 0.15) is 11.6 Å². The molecule has 0 aliphatic rings. The topological polar surface area (TPSA) is 147 Å². The molecule has 2 aromatic heterocycles. The van der Waals surface area contributed by atoms with Gasteiger partial charge in [-0.2, -0.15) is 4.31 Å². The largest absolute Gasteiger partial charge is 0.493 e. The second kappa shape index (κ2) is 16.1. The van der Waals surface area contributed by atoms with Crippen LogP contribution in [0.15, 0.2) is 40.0 Å². The summed E-state index contributed by atoms with van der Waals surface area (Å²) in [7, 11) is 1.99. The number of nitrogens with zero attached hydrogens (tertiary/aromatic N) is 4. The van der Waals surface area contributed by atoms with Gasteiger partial charge in [-0.3, -0.25) is 4.79 Å². The molecule has 4 aromatic rings. The summed E-state index contributed by atoms with van der Waals surface area (Å²) < 4.78 is 59.2. The Morgan fingerprint density at radius 3 is 2.28 bits per heavy atom. The molecule has 2 heterocycles. The van der Waals surface area contributed by atoms with Crippen molar-refractivity contribution >= 4 is 15.5 Å². The maximum Gasteiger partial charge on any atom is 0.277 e. The van der Waals surface area contributed by atoms with Crippen molar-refractivity contribution in [3.63, 3.8) is 0 Å². The van der Waals surface area contributed by atoms with Gasteiger partial charge in [0, 0.05) is 33.2 Å². The van der Waals surface area contributed by atoms with Crippen LogP contribution in [0.5, 0.6) is 23.0 Å². The average molecular weight is 672 g/mol. The number of nitrogens with one attached hydrogen (secondary N) is 1. The molecule has 0 atom stereocenters. The van der Waals surface area contributed by atoms with E-state index in [9.17, 15) is 13.2 Å². The summed E-state index contributed by atoms with van der Waals surface area (Å²) in [5.74, 6) is 2.46. The molecule has 13 nitrogen and oxygen atoms in total. The highest BCUT2D eigenvalue weighted by molar-refractivity contribution is 7.89. The predicted octanol–water partition coefficient (Wildman–Crippen LogP) is 4.78. The Morgan fingerprint density at radius 2 is 1.66 bits per heavy atom. The zero-order valence-electron chi connectivity index (χ0n) is 28.2. The van der Waals surface area contributed by atoms with Gasteiger partial charge in [-0.05, 0) is 62.6 Å². The second-order valence-electron chi connectivity index (χ2n) is 10.9. The fraction of sp³-hybridized carbons (Fsp3) is 0.485. The quantitative estimate of drug-likeness (QED) is 0.147. The molecule has 0 fully saturated rings. The van der Waals surface area contributed by atoms with Crippen molar-refractivity contribution in [2.24, 2.45) is 0 Å². The van der Waals surface area contributed by atoms with Crippen LogP contribution in [0.4, 0.5) is 0 Å². The minimum absolute atomic E-state index is 0.00791. The molecule has 0 amide bonds. The standard InChI is InChI=1S/C33H45N5O8S/c1-8-10-11-13-29-34-22(3)30-33(39)35-32(36-38(29)30)25-20-24(14-15-26(25)46-9-2)47(40,41)37(16-12-17-42-4)21-23-18-27(43-5)31(45-7)28(19-23)44-6/h14-15,18-20H,8-13,16-17,21H2,1-7H3,(H,35,36,39). The maximum absolute atomic E-state index is 14.3. The van der Waals surface area contributed by atoms with Crippen molar-refractivity contribution in [1.82, 2.24) is 23.9 Å². The van der Waals surface area contributed by atoms with Gasteiger partial charge in [-0.25, -0.2) is 17.9 Å². The number of hydrogen-bond donors (Lipinski definition) is 1. The molecule has 0 unspecified atom stereocenters. The second-order valence-corrected chi connectivity index (χ2v) is 12.9. The lowest BCUT2D eigenvalue weighted by Crippen LogP contribution is -2.32. The van der Waals surface area contributed by atoms with Crippen LogP contribution in [0, 0.1) is 6.92 Å². The van der Waals surface area contributed by atoms with Gasteiger partial charge in [0.2, 0.25) is 15.8 Å². The van der Waals surface area contributed by atoms with Gasteiger partial charge in [-0.1, -0.05) is 19.8 Å². The van der Waals surface area contributed by atoms with E-state index in [0.29, 0.717) is 77.2 Å². The molecule has 0 aliphatic carbocycles. The Hall–Kier alpha value is -4.14. The zero-order chi connectivity index (χ0) is 34.1. The summed E-state index contributed by atoms with van der Waals surface area (Å²) in [5.41, 5.74) is 1.53. The van der Waals surface area contributed by atoms with E-state index >= 15 is 0 Å². The first kappa shape index (κ1) is 35.7. The summed E-state index contributed by atoms with van der Waals surface area (Å²) in [6.07, 6.45) is 4.08. The first-order valence-electron chi connectivity index (χ1n) is 15.7. The number of fused-ring (bicyclic) bond motifs is 1. The van der Waals surface area contributed by atoms with Crippen LogP contribution in [0.1, 0.15) is 56.6 Å². The van der Waals surface area contributed by atoms with Crippen LogP contribution in [-0.4, -0.2) is 80.5 Å². The number of unbranched alkanes of at least 4 members (excludes halogenated alkanes) is 2. The van der Waals surface area contributed by atoms with E-state index in [4.69, 9.17) is 28.8 Å². The Kier molecular flexibility index (Phi) is 12.2. The number of sulfonamides is 1. The van der Waals surface area contributed by atoms with Gasteiger partial charge in [0.25, 0.3) is 5.56 Å². The molecular formula is C33H45N5O8S. The Balaban J connectivity index is 1.82. The third-order valence-corrected chi connectivity index (χ3v) is 9.57. The van der Waals surface area contributed by atoms with Crippen molar-refractivity contribution in [2.75, 3.05) is 48.2 Å². The number of H-pyrrole nitrogens is 1. The third kappa shape index (κ3) is 7.88. The van der Waals surface area contributed by atoms with Crippen molar-refractivity contribution in [2.45, 2.75) is 64.3 Å². The summed E-state index contributed by atoms with van der Waals surface area (Å²) in [6.45, 7) is 6.60. The smallest absolute Gasteiger partial charge is 0.277 e. The van der Waals surface area contributed by atoms with E-state index in [2.05, 4.69) is 16.9 Å². The van der Waals surface area contributed by atoms with Crippen molar-refractivity contribution < 1.29 is 32.1 Å².